The molecule has 0 aliphatic rings. The third-order valence-corrected chi connectivity index (χ3v) is 2.23. The Morgan fingerprint density at radius 2 is 1.45 bits per heavy atom. The van der Waals surface area contributed by atoms with Gasteiger partial charge in [-0.05, 0) is 32.3 Å². The van der Waals surface area contributed by atoms with Crippen LogP contribution >= 0.6 is 0 Å². The fourth-order valence-electron chi connectivity index (χ4n) is 0.845. The van der Waals surface area contributed by atoms with E-state index in [0.717, 1.165) is 12.8 Å². The van der Waals surface area contributed by atoms with Crippen LogP contribution in [0.4, 0.5) is 0 Å². The smallest absolute Gasteiger partial charge is 0.0589 e. The summed E-state index contributed by atoms with van der Waals surface area (Å²) in [5.74, 6) is 0. The van der Waals surface area contributed by atoms with Crippen molar-refractivity contribution < 1.29 is 11.7 Å². The molecule has 3 nitrogen and oxygen atoms in total. The van der Waals surface area contributed by atoms with Crippen molar-refractivity contribution in [3.8, 4) is 0 Å². The summed E-state index contributed by atoms with van der Waals surface area (Å²) in [5.41, 5.74) is 2.90. The zero-order chi connectivity index (χ0) is 16.4. The van der Waals surface area contributed by atoms with Gasteiger partial charge in [-0.3, -0.25) is 0 Å². The molecule has 3 heteroatoms. The zero-order valence-corrected chi connectivity index (χ0v) is 14.4. The van der Waals surface area contributed by atoms with Gasteiger partial charge in [0.1, 0.15) is 0 Å². The van der Waals surface area contributed by atoms with Crippen molar-refractivity contribution >= 4 is 0 Å². The maximum atomic E-state index is 8.83. The summed E-state index contributed by atoms with van der Waals surface area (Å²) in [4.78, 5) is 0. The fraction of sp³-hybridized carbons (Fsp3) is 0.647. The second-order valence-electron chi connectivity index (χ2n) is 4.31. The standard InChI is InChI=1S/C8H11NO.C5H12O.2C2H6.H2/c10-9-7-6-8-4-2-1-3-5-8;1-4-5(2,3)6;2*1-2;/h1-5,9-10H,6-7H2;6H,4H2,1-3H3;2*1-2H3;1H. The number of rotatable bonds is 4. The van der Waals surface area contributed by atoms with Gasteiger partial charge in [0.2, 0.25) is 0 Å². The van der Waals surface area contributed by atoms with Crippen LogP contribution in [0.3, 0.4) is 0 Å². The minimum atomic E-state index is -0.458. The molecule has 0 aliphatic heterocycles. The van der Waals surface area contributed by atoms with Crippen LogP contribution in [-0.2, 0) is 6.42 Å². The lowest BCUT2D eigenvalue weighted by Crippen LogP contribution is -2.15. The van der Waals surface area contributed by atoms with Crippen LogP contribution in [0.15, 0.2) is 30.3 Å². The highest BCUT2D eigenvalue weighted by Crippen LogP contribution is 2.03. The van der Waals surface area contributed by atoms with Gasteiger partial charge in [0.25, 0.3) is 0 Å². The SMILES string of the molecule is CC.CC.CCC(C)(C)O.ONCCc1ccccc1.[HH]. The van der Waals surface area contributed by atoms with E-state index >= 15 is 0 Å². The van der Waals surface area contributed by atoms with Crippen molar-refractivity contribution in [1.29, 1.82) is 0 Å². The first kappa shape index (κ1) is 24.1. The molecule has 1 rings (SSSR count). The summed E-state index contributed by atoms with van der Waals surface area (Å²) in [6.07, 6.45) is 1.70. The van der Waals surface area contributed by atoms with Crippen LogP contribution in [0.1, 0.15) is 61.9 Å². The molecule has 0 saturated carbocycles. The molecule has 0 bridgehead atoms. The molecule has 0 spiro atoms. The highest BCUT2D eigenvalue weighted by molar-refractivity contribution is 5.14. The van der Waals surface area contributed by atoms with Crippen LogP contribution in [0, 0.1) is 0 Å². The Kier molecular flexibility index (Phi) is 21.8. The molecule has 0 aliphatic carbocycles. The Hall–Kier alpha value is -0.900. The predicted octanol–water partition coefficient (Wildman–Crippen LogP) is 4.67. The van der Waals surface area contributed by atoms with Gasteiger partial charge in [-0.1, -0.05) is 65.0 Å². The molecular formula is C17H37NO2. The maximum Gasteiger partial charge on any atom is 0.0589 e. The second-order valence-corrected chi connectivity index (χ2v) is 4.31. The topological polar surface area (TPSA) is 52.5 Å². The Morgan fingerprint density at radius 1 is 1.05 bits per heavy atom. The number of aliphatic hydroxyl groups is 1. The van der Waals surface area contributed by atoms with Crippen LogP contribution in [0.5, 0.6) is 0 Å². The largest absolute Gasteiger partial charge is 0.390 e. The average molecular weight is 287 g/mol. The molecule has 1 aromatic carbocycles. The van der Waals surface area contributed by atoms with E-state index in [9.17, 15) is 0 Å². The lowest BCUT2D eigenvalue weighted by atomic mass is 10.1. The summed E-state index contributed by atoms with van der Waals surface area (Å²) < 4.78 is 0. The van der Waals surface area contributed by atoms with Gasteiger partial charge in [-0.15, -0.1) is 0 Å². The third kappa shape index (κ3) is 22.3. The monoisotopic (exact) mass is 287 g/mol. The maximum absolute atomic E-state index is 8.83. The van der Waals surface area contributed by atoms with E-state index in [4.69, 9.17) is 10.3 Å². The predicted molar refractivity (Wildman–Crippen MR) is 91.3 cm³/mol. The van der Waals surface area contributed by atoms with Crippen molar-refractivity contribution in [1.82, 2.24) is 5.48 Å². The van der Waals surface area contributed by atoms with E-state index < -0.39 is 5.60 Å². The fourth-order valence-corrected chi connectivity index (χ4v) is 0.845. The van der Waals surface area contributed by atoms with Crippen molar-refractivity contribution in [3.63, 3.8) is 0 Å². The molecule has 0 fully saturated rings. The minimum absolute atomic E-state index is 0. The van der Waals surface area contributed by atoms with Crippen molar-refractivity contribution in [2.24, 2.45) is 0 Å². The second kappa shape index (κ2) is 18.1. The zero-order valence-electron chi connectivity index (χ0n) is 14.4. The van der Waals surface area contributed by atoms with Gasteiger partial charge >= 0.3 is 0 Å². The van der Waals surface area contributed by atoms with E-state index in [1.54, 1.807) is 13.8 Å². The molecule has 20 heavy (non-hydrogen) atoms. The first-order chi connectivity index (χ1) is 9.49. The first-order valence-corrected chi connectivity index (χ1v) is 7.63. The summed E-state index contributed by atoms with van der Waals surface area (Å²) in [7, 11) is 0. The molecule has 1 aromatic rings. The summed E-state index contributed by atoms with van der Waals surface area (Å²) in [6.45, 7) is 14.2. The van der Waals surface area contributed by atoms with Crippen LogP contribution in [0.25, 0.3) is 0 Å². The molecule has 0 amide bonds. The minimum Gasteiger partial charge on any atom is -0.390 e. The van der Waals surface area contributed by atoms with Crippen LogP contribution < -0.4 is 5.48 Å². The normalized spacial score (nSPS) is 9.05. The van der Waals surface area contributed by atoms with Crippen molar-refractivity contribution in [3.05, 3.63) is 35.9 Å². The highest BCUT2D eigenvalue weighted by atomic mass is 16.5. The lowest BCUT2D eigenvalue weighted by molar-refractivity contribution is 0.0765. The Balaban J connectivity index is -0.000000115. The summed E-state index contributed by atoms with van der Waals surface area (Å²) >= 11 is 0. The van der Waals surface area contributed by atoms with Gasteiger partial charge in [0, 0.05) is 7.97 Å². The molecule has 0 unspecified atom stereocenters. The molecule has 0 atom stereocenters. The van der Waals surface area contributed by atoms with Gasteiger partial charge in [0.05, 0.1) is 5.60 Å². The molecular weight excluding hydrogens is 250 g/mol. The molecule has 3 N–H and O–H groups in total. The van der Waals surface area contributed by atoms with Crippen LogP contribution in [0.2, 0.25) is 0 Å². The number of hydroxylamine groups is 1. The molecule has 0 saturated heterocycles. The Morgan fingerprint density at radius 3 is 1.75 bits per heavy atom. The summed E-state index contributed by atoms with van der Waals surface area (Å²) in [5, 5.41) is 17.1. The van der Waals surface area contributed by atoms with E-state index in [0.29, 0.717) is 6.54 Å². The third-order valence-electron chi connectivity index (χ3n) is 2.23. The molecule has 122 valence electrons. The molecule has 0 aromatic heterocycles. The number of hydrogen-bond donors (Lipinski definition) is 3. The van der Waals surface area contributed by atoms with E-state index in [2.05, 4.69) is 5.48 Å². The lowest BCUT2D eigenvalue weighted by Gasteiger charge is -2.11. The highest BCUT2D eigenvalue weighted by Gasteiger charge is 2.05. The number of nitrogens with one attached hydrogen (secondary N) is 1. The van der Waals surface area contributed by atoms with Gasteiger partial charge in [0.15, 0.2) is 0 Å². The van der Waals surface area contributed by atoms with E-state index in [1.165, 1.54) is 5.56 Å². The van der Waals surface area contributed by atoms with Gasteiger partial charge in [-0.2, -0.15) is 0 Å². The quantitative estimate of drug-likeness (QED) is 0.705. The van der Waals surface area contributed by atoms with Gasteiger partial charge in [-0.25, -0.2) is 5.48 Å². The Bertz CT molecular complexity index is 261. The van der Waals surface area contributed by atoms with E-state index in [1.807, 2.05) is 65.0 Å². The number of hydrogen-bond acceptors (Lipinski definition) is 3. The number of benzene rings is 1. The van der Waals surface area contributed by atoms with Gasteiger partial charge < -0.3 is 10.3 Å². The van der Waals surface area contributed by atoms with Crippen molar-refractivity contribution in [2.75, 3.05) is 6.54 Å². The first-order valence-electron chi connectivity index (χ1n) is 7.63. The van der Waals surface area contributed by atoms with Crippen LogP contribution in [-0.4, -0.2) is 22.5 Å². The molecule has 0 heterocycles. The van der Waals surface area contributed by atoms with E-state index in [-0.39, 0.29) is 1.43 Å². The summed E-state index contributed by atoms with van der Waals surface area (Å²) in [6, 6.07) is 10.0. The Labute approximate surface area is 127 Å². The average Bonchev–Trinajstić information content (AvgIpc) is 2.50. The van der Waals surface area contributed by atoms with Crippen molar-refractivity contribution in [2.45, 2.75) is 66.9 Å². The molecule has 0 radical (unpaired) electrons.